The normalized spacial score (nSPS) is 25.2. The van der Waals surface area contributed by atoms with E-state index in [0.717, 1.165) is 24.1 Å². The molecule has 2 rings (SSSR count). The minimum Gasteiger partial charge on any atom is -0.481 e. The van der Waals surface area contributed by atoms with Crippen molar-refractivity contribution in [1.82, 2.24) is 5.32 Å². The highest BCUT2D eigenvalue weighted by molar-refractivity contribution is 7.13. The Kier molecular flexibility index (Phi) is 3.36. The van der Waals surface area contributed by atoms with Crippen molar-refractivity contribution < 1.29 is 14.7 Å². The molecule has 0 amide bonds. The molecule has 2 N–H and O–H groups in total. The molecule has 0 radical (unpaired) electrons. The Labute approximate surface area is 97.3 Å². The van der Waals surface area contributed by atoms with Crippen LogP contribution in [0.3, 0.4) is 0 Å². The van der Waals surface area contributed by atoms with Crippen LogP contribution in [0.2, 0.25) is 0 Å². The van der Waals surface area contributed by atoms with Gasteiger partial charge in [-0.3, -0.25) is 9.59 Å². The molecule has 0 aliphatic carbocycles. The predicted molar refractivity (Wildman–Crippen MR) is 60.8 cm³/mol. The van der Waals surface area contributed by atoms with Crippen LogP contribution in [-0.2, 0) is 4.79 Å². The number of carbonyl (C=O) groups is 2. The van der Waals surface area contributed by atoms with Gasteiger partial charge in [-0.15, -0.1) is 11.3 Å². The molecular formula is C11H13NO3S. The fourth-order valence-corrected chi connectivity index (χ4v) is 3.02. The number of aliphatic carboxylic acids is 1. The van der Waals surface area contributed by atoms with Crippen LogP contribution < -0.4 is 5.32 Å². The predicted octanol–water partition coefficient (Wildman–Crippen LogP) is 1.69. The van der Waals surface area contributed by atoms with Gasteiger partial charge in [-0.05, 0) is 31.5 Å². The molecule has 2 heterocycles. The monoisotopic (exact) mass is 239 g/mol. The zero-order valence-corrected chi connectivity index (χ0v) is 9.50. The van der Waals surface area contributed by atoms with Crippen molar-refractivity contribution in [1.29, 1.82) is 0 Å². The van der Waals surface area contributed by atoms with Gasteiger partial charge in [0.25, 0.3) is 0 Å². The van der Waals surface area contributed by atoms with Crippen molar-refractivity contribution in [3.63, 3.8) is 0 Å². The number of carbonyl (C=O) groups excluding carboxylic acids is 1. The lowest BCUT2D eigenvalue weighted by molar-refractivity contribution is -0.143. The second-order valence-corrected chi connectivity index (χ2v) is 5.02. The molecule has 1 aromatic rings. The summed E-state index contributed by atoms with van der Waals surface area (Å²) < 4.78 is 0. The molecule has 2 unspecified atom stereocenters. The minimum atomic E-state index is -0.766. The Morgan fingerprint density at radius 3 is 3.00 bits per heavy atom. The summed E-state index contributed by atoms with van der Waals surface area (Å²) >= 11 is 1.37. The third-order valence-electron chi connectivity index (χ3n) is 2.85. The third-order valence-corrected chi connectivity index (χ3v) is 3.94. The van der Waals surface area contributed by atoms with E-state index in [1.54, 1.807) is 6.07 Å². The van der Waals surface area contributed by atoms with Crippen LogP contribution in [0.15, 0.2) is 12.1 Å². The molecule has 16 heavy (non-hydrogen) atoms. The van der Waals surface area contributed by atoms with Crippen molar-refractivity contribution in [2.75, 3.05) is 6.54 Å². The Bertz CT molecular complexity index is 402. The number of nitrogens with one attached hydrogen (secondary N) is 1. The molecule has 0 aromatic carbocycles. The van der Waals surface area contributed by atoms with Crippen LogP contribution >= 0.6 is 11.3 Å². The van der Waals surface area contributed by atoms with Crippen LogP contribution in [0, 0.1) is 5.92 Å². The number of thiophene rings is 1. The summed E-state index contributed by atoms with van der Waals surface area (Å²) in [5, 5.41) is 12.3. The molecule has 4 nitrogen and oxygen atoms in total. The maximum Gasteiger partial charge on any atom is 0.308 e. The van der Waals surface area contributed by atoms with Gasteiger partial charge in [0, 0.05) is 4.88 Å². The number of hydrogen-bond acceptors (Lipinski definition) is 4. The van der Waals surface area contributed by atoms with Crippen molar-refractivity contribution >= 4 is 23.6 Å². The second-order valence-electron chi connectivity index (χ2n) is 3.88. The zero-order chi connectivity index (χ0) is 11.5. The standard InChI is InChI=1S/C11H13NO3S/c13-6-7-3-4-9(16-7)10-8(11(14)15)2-1-5-12-10/h3-4,6,8,10,12H,1-2,5H2,(H,14,15). The van der Waals surface area contributed by atoms with Crippen molar-refractivity contribution in [3.8, 4) is 0 Å². The second kappa shape index (κ2) is 4.76. The lowest BCUT2D eigenvalue weighted by Gasteiger charge is -2.28. The molecule has 2 atom stereocenters. The number of piperidine rings is 1. The number of carboxylic acid groups (broad SMARTS) is 1. The first-order chi connectivity index (χ1) is 7.72. The summed E-state index contributed by atoms with van der Waals surface area (Å²) in [7, 11) is 0. The van der Waals surface area contributed by atoms with Crippen LogP contribution in [0.1, 0.15) is 33.4 Å². The van der Waals surface area contributed by atoms with E-state index in [9.17, 15) is 9.59 Å². The van der Waals surface area contributed by atoms with Gasteiger partial charge in [-0.2, -0.15) is 0 Å². The van der Waals surface area contributed by atoms with Crippen molar-refractivity contribution in [3.05, 3.63) is 21.9 Å². The zero-order valence-electron chi connectivity index (χ0n) is 8.68. The molecule has 1 saturated heterocycles. The minimum absolute atomic E-state index is 0.148. The molecule has 0 saturated carbocycles. The molecule has 1 aliphatic rings. The van der Waals surface area contributed by atoms with Crippen LogP contribution in [-0.4, -0.2) is 23.9 Å². The summed E-state index contributed by atoms with van der Waals surface area (Å²) in [6, 6.07) is 3.43. The van der Waals surface area contributed by atoms with Crippen molar-refractivity contribution in [2.24, 2.45) is 5.92 Å². The number of hydrogen-bond donors (Lipinski definition) is 2. The smallest absolute Gasteiger partial charge is 0.308 e. The fourth-order valence-electron chi connectivity index (χ4n) is 2.05. The van der Waals surface area contributed by atoms with Crippen LogP contribution in [0.4, 0.5) is 0 Å². The van der Waals surface area contributed by atoms with Crippen LogP contribution in [0.25, 0.3) is 0 Å². The van der Waals surface area contributed by atoms with E-state index in [0.29, 0.717) is 11.3 Å². The van der Waals surface area contributed by atoms with Crippen LogP contribution in [0.5, 0.6) is 0 Å². The molecule has 86 valence electrons. The Morgan fingerprint density at radius 2 is 2.38 bits per heavy atom. The number of aldehydes is 1. The number of carboxylic acids is 1. The summed E-state index contributed by atoms with van der Waals surface area (Å²) in [5.74, 6) is -1.15. The van der Waals surface area contributed by atoms with E-state index >= 15 is 0 Å². The van der Waals surface area contributed by atoms with E-state index in [-0.39, 0.29) is 12.0 Å². The average Bonchev–Trinajstić information content (AvgIpc) is 2.77. The number of rotatable bonds is 3. The average molecular weight is 239 g/mol. The summed E-state index contributed by atoms with van der Waals surface area (Å²) in [5.41, 5.74) is 0. The van der Waals surface area contributed by atoms with Gasteiger partial charge in [0.1, 0.15) is 0 Å². The molecule has 0 bridgehead atoms. The van der Waals surface area contributed by atoms with Crippen molar-refractivity contribution in [2.45, 2.75) is 18.9 Å². The summed E-state index contributed by atoms with van der Waals surface area (Å²) in [6.07, 6.45) is 2.38. The lowest BCUT2D eigenvalue weighted by Crippen LogP contribution is -2.37. The Morgan fingerprint density at radius 1 is 1.56 bits per heavy atom. The van der Waals surface area contributed by atoms with E-state index in [1.165, 1.54) is 11.3 Å². The molecule has 1 fully saturated rings. The summed E-state index contributed by atoms with van der Waals surface area (Å²) in [6.45, 7) is 0.836. The van der Waals surface area contributed by atoms with Gasteiger partial charge in [-0.1, -0.05) is 0 Å². The van der Waals surface area contributed by atoms with Gasteiger partial charge in [0.15, 0.2) is 6.29 Å². The van der Waals surface area contributed by atoms with Gasteiger partial charge in [0.2, 0.25) is 0 Å². The Hall–Kier alpha value is -1.20. The first-order valence-corrected chi connectivity index (χ1v) is 6.05. The van der Waals surface area contributed by atoms with Gasteiger partial charge in [0.05, 0.1) is 16.8 Å². The molecule has 0 spiro atoms. The molecular weight excluding hydrogens is 226 g/mol. The van der Waals surface area contributed by atoms with E-state index < -0.39 is 5.97 Å². The highest BCUT2D eigenvalue weighted by atomic mass is 32.1. The SMILES string of the molecule is O=Cc1ccc(C2NCCCC2C(=O)O)s1. The third kappa shape index (κ3) is 2.15. The fraction of sp³-hybridized carbons (Fsp3) is 0.455. The Balaban J connectivity index is 2.22. The summed E-state index contributed by atoms with van der Waals surface area (Å²) in [4.78, 5) is 23.3. The quantitative estimate of drug-likeness (QED) is 0.788. The highest BCUT2D eigenvalue weighted by Crippen LogP contribution is 2.33. The maximum absolute atomic E-state index is 11.1. The molecule has 1 aliphatic heterocycles. The largest absolute Gasteiger partial charge is 0.481 e. The highest BCUT2D eigenvalue weighted by Gasteiger charge is 2.32. The van der Waals surface area contributed by atoms with Gasteiger partial charge in [-0.25, -0.2) is 0 Å². The molecule has 1 aromatic heterocycles. The topological polar surface area (TPSA) is 66.4 Å². The van der Waals surface area contributed by atoms with Gasteiger partial charge >= 0.3 is 5.97 Å². The maximum atomic E-state index is 11.1. The van der Waals surface area contributed by atoms with E-state index in [2.05, 4.69) is 5.32 Å². The molecule has 5 heteroatoms. The lowest BCUT2D eigenvalue weighted by atomic mass is 9.90. The van der Waals surface area contributed by atoms with E-state index in [1.807, 2.05) is 6.07 Å². The van der Waals surface area contributed by atoms with Gasteiger partial charge < -0.3 is 10.4 Å². The van der Waals surface area contributed by atoms with E-state index in [4.69, 9.17) is 5.11 Å². The first kappa shape index (κ1) is 11.3. The first-order valence-electron chi connectivity index (χ1n) is 5.23.